The number of aliphatic carboxylic acids is 1. The molecule has 1 N–H and O–H groups in total. The Hall–Kier alpha value is -0.610. The summed E-state index contributed by atoms with van der Waals surface area (Å²) in [6, 6.07) is 0.578. The standard InChI is InChI=1S/C12H24N2O2/c1-3-14(10-7-12(15)16)11-5-4-8-13(2)9-6-11/h11H,3-10H2,1-2H3,(H,15,16). The van der Waals surface area contributed by atoms with Gasteiger partial charge in [-0.1, -0.05) is 6.92 Å². The first-order chi connectivity index (χ1) is 7.63. The van der Waals surface area contributed by atoms with Gasteiger partial charge in [0.05, 0.1) is 6.42 Å². The first-order valence-corrected chi connectivity index (χ1v) is 6.28. The highest BCUT2D eigenvalue weighted by atomic mass is 16.4. The van der Waals surface area contributed by atoms with E-state index in [1.807, 2.05) is 0 Å². The average Bonchev–Trinajstić information content (AvgIpc) is 2.44. The first-order valence-electron chi connectivity index (χ1n) is 6.28. The number of nitrogens with zero attached hydrogens (tertiary/aromatic N) is 2. The monoisotopic (exact) mass is 228 g/mol. The van der Waals surface area contributed by atoms with Crippen LogP contribution in [0.1, 0.15) is 32.6 Å². The van der Waals surface area contributed by atoms with Crippen molar-refractivity contribution in [2.45, 2.75) is 38.6 Å². The van der Waals surface area contributed by atoms with Crippen LogP contribution in [0.3, 0.4) is 0 Å². The molecule has 1 fully saturated rings. The lowest BCUT2D eigenvalue weighted by atomic mass is 10.1. The van der Waals surface area contributed by atoms with Crippen LogP contribution in [0.25, 0.3) is 0 Å². The smallest absolute Gasteiger partial charge is 0.304 e. The normalized spacial score (nSPS) is 23.3. The molecule has 1 aliphatic rings. The Bertz CT molecular complexity index is 221. The summed E-state index contributed by atoms with van der Waals surface area (Å²) in [6.07, 6.45) is 3.87. The molecule has 16 heavy (non-hydrogen) atoms. The largest absolute Gasteiger partial charge is 0.481 e. The van der Waals surface area contributed by atoms with Crippen molar-refractivity contribution in [2.75, 3.05) is 33.2 Å². The fourth-order valence-corrected chi connectivity index (χ4v) is 2.43. The molecule has 1 atom stereocenters. The van der Waals surface area contributed by atoms with E-state index in [1.165, 1.54) is 25.8 Å². The van der Waals surface area contributed by atoms with Crippen molar-refractivity contribution in [3.8, 4) is 0 Å². The van der Waals surface area contributed by atoms with Crippen molar-refractivity contribution in [3.05, 3.63) is 0 Å². The number of carboxylic acid groups (broad SMARTS) is 1. The second kappa shape index (κ2) is 6.86. The molecule has 0 spiro atoms. The molecule has 1 heterocycles. The molecule has 0 amide bonds. The molecule has 0 aromatic rings. The van der Waals surface area contributed by atoms with Gasteiger partial charge >= 0.3 is 5.97 Å². The van der Waals surface area contributed by atoms with Gasteiger partial charge in [0.2, 0.25) is 0 Å². The van der Waals surface area contributed by atoms with E-state index in [4.69, 9.17) is 5.11 Å². The molecule has 0 aliphatic carbocycles. The third kappa shape index (κ3) is 4.49. The SMILES string of the molecule is CCN(CCC(=O)O)C1CCCN(C)CC1. The van der Waals surface area contributed by atoms with Crippen LogP contribution in [0.5, 0.6) is 0 Å². The average molecular weight is 228 g/mol. The molecule has 4 heteroatoms. The third-order valence-electron chi connectivity index (χ3n) is 3.46. The molecule has 0 bridgehead atoms. The van der Waals surface area contributed by atoms with Crippen molar-refractivity contribution in [2.24, 2.45) is 0 Å². The fourth-order valence-electron chi connectivity index (χ4n) is 2.43. The van der Waals surface area contributed by atoms with E-state index in [0.717, 1.165) is 13.1 Å². The lowest BCUT2D eigenvalue weighted by molar-refractivity contribution is -0.137. The third-order valence-corrected chi connectivity index (χ3v) is 3.46. The number of carboxylic acids is 1. The van der Waals surface area contributed by atoms with Crippen molar-refractivity contribution >= 4 is 5.97 Å². The van der Waals surface area contributed by atoms with E-state index in [-0.39, 0.29) is 6.42 Å². The summed E-state index contributed by atoms with van der Waals surface area (Å²) in [4.78, 5) is 15.3. The van der Waals surface area contributed by atoms with Crippen molar-refractivity contribution in [1.29, 1.82) is 0 Å². The van der Waals surface area contributed by atoms with E-state index in [2.05, 4.69) is 23.8 Å². The number of carbonyl (C=O) groups is 1. The Morgan fingerprint density at radius 1 is 1.44 bits per heavy atom. The lowest BCUT2D eigenvalue weighted by Crippen LogP contribution is -2.37. The highest BCUT2D eigenvalue weighted by molar-refractivity contribution is 5.66. The second-order valence-electron chi connectivity index (χ2n) is 4.66. The molecular weight excluding hydrogens is 204 g/mol. The maximum absolute atomic E-state index is 10.6. The minimum absolute atomic E-state index is 0.264. The van der Waals surface area contributed by atoms with Crippen LogP contribution in [-0.4, -0.2) is 60.1 Å². The van der Waals surface area contributed by atoms with Crippen LogP contribution in [0.15, 0.2) is 0 Å². The summed E-state index contributed by atoms with van der Waals surface area (Å²) >= 11 is 0. The van der Waals surface area contributed by atoms with Gasteiger partial charge in [0.1, 0.15) is 0 Å². The predicted octanol–water partition coefficient (Wildman–Crippen LogP) is 1.27. The second-order valence-corrected chi connectivity index (χ2v) is 4.66. The highest BCUT2D eigenvalue weighted by Crippen LogP contribution is 2.16. The number of rotatable bonds is 5. The zero-order valence-corrected chi connectivity index (χ0v) is 10.5. The Labute approximate surface area is 98.2 Å². The zero-order valence-electron chi connectivity index (χ0n) is 10.5. The molecular formula is C12H24N2O2. The Kier molecular flexibility index (Phi) is 5.77. The van der Waals surface area contributed by atoms with Gasteiger partial charge in [0.25, 0.3) is 0 Å². The Morgan fingerprint density at radius 2 is 2.19 bits per heavy atom. The van der Waals surface area contributed by atoms with Crippen LogP contribution in [0.2, 0.25) is 0 Å². The molecule has 0 aromatic carbocycles. The summed E-state index contributed by atoms with van der Waals surface area (Å²) in [7, 11) is 2.16. The molecule has 1 rings (SSSR count). The summed E-state index contributed by atoms with van der Waals surface area (Å²) in [6.45, 7) is 6.08. The highest BCUT2D eigenvalue weighted by Gasteiger charge is 2.20. The van der Waals surface area contributed by atoms with Gasteiger partial charge in [-0.15, -0.1) is 0 Å². The van der Waals surface area contributed by atoms with E-state index in [1.54, 1.807) is 0 Å². The summed E-state index contributed by atoms with van der Waals surface area (Å²) in [5, 5.41) is 8.72. The van der Waals surface area contributed by atoms with Gasteiger partial charge in [-0.25, -0.2) is 0 Å². The van der Waals surface area contributed by atoms with Crippen molar-refractivity contribution in [3.63, 3.8) is 0 Å². The minimum Gasteiger partial charge on any atom is -0.481 e. The number of hydrogen-bond donors (Lipinski definition) is 1. The maximum atomic E-state index is 10.6. The summed E-state index contributed by atoms with van der Waals surface area (Å²) < 4.78 is 0. The Morgan fingerprint density at radius 3 is 2.81 bits per heavy atom. The maximum Gasteiger partial charge on any atom is 0.304 e. The van der Waals surface area contributed by atoms with Gasteiger partial charge < -0.3 is 14.9 Å². The Balaban J connectivity index is 2.41. The van der Waals surface area contributed by atoms with Gasteiger partial charge in [-0.05, 0) is 45.9 Å². The van der Waals surface area contributed by atoms with Crippen LogP contribution < -0.4 is 0 Å². The summed E-state index contributed by atoms with van der Waals surface area (Å²) in [5.74, 6) is -0.691. The quantitative estimate of drug-likeness (QED) is 0.769. The van der Waals surface area contributed by atoms with Crippen LogP contribution >= 0.6 is 0 Å². The van der Waals surface area contributed by atoms with E-state index in [0.29, 0.717) is 12.6 Å². The van der Waals surface area contributed by atoms with Crippen LogP contribution in [0.4, 0.5) is 0 Å². The summed E-state index contributed by atoms with van der Waals surface area (Å²) in [5.41, 5.74) is 0. The van der Waals surface area contributed by atoms with Gasteiger partial charge in [0.15, 0.2) is 0 Å². The fraction of sp³-hybridized carbons (Fsp3) is 0.917. The zero-order chi connectivity index (χ0) is 12.0. The molecule has 0 aromatic heterocycles. The molecule has 4 nitrogen and oxygen atoms in total. The van der Waals surface area contributed by atoms with E-state index in [9.17, 15) is 4.79 Å². The van der Waals surface area contributed by atoms with Gasteiger partial charge in [-0.2, -0.15) is 0 Å². The first kappa shape index (κ1) is 13.5. The van der Waals surface area contributed by atoms with E-state index >= 15 is 0 Å². The van der Waals surface area contributed by atoms with Crippen LogP contribution in [-0.2, 0) is 4.79 Å². The van der Waals surface area contributed by atoms with Crippen LogP contribution in [0, 0.1) is 0 Å². The minimum atomic E-state index is -0.691. The topological polar surface area (TPSA) is 43.8 Å². The molecule has 0 saturated carbocycles. The molecule has 94 valence electrons. The molecule has 0 radical (unpaired) electrons. The van der Waals surface area contributed by atoms with Crippen molar-refractivity contribution < 1.29 is 9.90 Å². The van der Waals surface area contributed by atoms with E-state index < -0.39 is 5.97 Å². The predicted molar refractivity (Wildman–Crippen MR) is 64.6 cm³/mol. The lowest BCUT2D eigenvalue weighted by Gasteiger charge is -2.29. The molecule has 1 saturated heterocycles. The number of likely N-dealkylation sites (tertiary alicyclic amines) is 1. The van der Waals surface area contributed by atoms with Crippen molar-refractivity contribution in [1.82, 2.24) is 9.80 Å². The molecule has 1 unspecified atom stereocenters. The number of hydrogen-bond acceptors (Lipinski definition) is 3. The van der Waals surface area contributed by atoms with Gasteiger partial charge in [0, 0.05) is 12.6 Å². The molecule has 1 aliphatic heterocycles. The van der Waals surface area contributed by atoms with Gasteiger partial charge in [-0.3, -0.25) is 4.79 Å².